The van der Waals surface area contributed by atoms with Crippen molar-refractivity contribution < 1.29 is 9.53 Å². The molecule has 1 fully saturated rings. The zero-order valence-corrected chi connectivity index (χ0v) is 12.2. The molecular formula is C13H16INO2. The standard InChI is InChI=1S/C13H16INO2/c1-13(2)9-17-8-7-15(13)12(16)10-3-5-11(14)6-4-10/h3-6H,7-9H2,1-2H3. The van der Waals surface area contributed by atoms with Crippen molar-refractivity contribution in [1.29, 1.82) is 0 Å². The van der Waals surface area contributed by atoms with E-state index in [-0.39, 0.29) is 11.4 Å². The van der Waals surface area contributed by atoms with Gasteiger partial charge >= 0.3 is 0 Å². The summed E-state index contributed by atoms with van der Waals surface area (Å²) in [5.41, 5.74) is 0.526. The van der Waals surface area contributed by atoms with Gasteiger partial charge in [0.05, 0.1) is 18.8 Å². The minimum atomic E-state index is -0.224. The van der Waals surface area contributed by atoms with Crippen LogP contribution in [0.4, 0.5) is 0 Å². The van der Waals surface area contributed by atoms with Gasteiger partial charge in [-0.2, -0.15) is 0 Å². The van der Waals surface area contributed by atoms with Crippen LogP contribution >= 0.6 is 22.6 Å². The third kappa shape index (κ3) is 2.80. The number of halogens is 1. The van der Waals surface area contributed by atoms with E-state index in [0.717, 1.165) is 9.13 Å². The van der Waals surface area contributed by atoms with Crippen molar-refractivity contribution in [1.82, 2.24) is 4.90 Å². The molecule has 1 aliphatic heterocycles. The van der Waals surface area contributed by atoms with Gasteiger partial charge in [-0.15, -0.1) is 0 Å². The second-order valence-electron chi connectivity index (χ2n) is 4.83. The van der Waals surface area contributed by atoms with E-state index in [1.807, 2.05) is 43.0 Å². The van der Waals surface area contributed by atoms with E-state index in [1.165, 1.54) is 0 Å². The molecule has 1 aromatic carbocycles. The maximum Gasteiger partial charge on any atom is 0.254 e. The van der Waals surface area contributed by atoms with Gasteiger partial charge in [-0.05, 0) is 60.7 Å². The van der Waals surface area contributed by atoms with Gasteiger partial charge in [-0.3, -0.25) is 4.79 Å². The second-order valence-corrected chi connectivity index (χ2v) is 6.07. The lowest BCUT2D eigenvalue weighted by atomic mass is 10.0. The minimum Gasteiger partial charge on any atom is -0.377 e. The van der Waals surface area contributed by atoms with Gasteiger partial charge in [-0.25, -0.2) is 0 Å². The van der Waals surface area contributed by atoms with Crippen LogP contribution in [0.15, 0.2) is 24.3 Å². The summed E-state index contributed by atoms with van der Waals surface area (Å²) in [6.45, 7) is 5.97. The Hall–Kier alpha value is -0.620. The zero-order valence-electron chi connectivity index (χ0n) is 10.1. The van der Waals surface area contributed by atoms with Gasteiger partial charge in [0.1, 0.15) is 0 Å². The Bertz CT molecular complexity index is 414. The molecule has 0 bridgehead atoms. The second kappa shape index (κ2) is 4.94. The molecule has 0 aliphatic carbocycles. The van der Waals surface area contributed by atoms with Crippen LogP contribution in [-0.2, 0) is 4.74 Å². The van der Waals surface area contributed by atoms with Crippen molar-refractivity contribution in [2.24, 2.45) is 0 Å². The Kier molecular flexibility index (Phi) is 3.73. The molecule has 4 heteroatoms. The van der Waals surface area contributed by atoms with Crippen molar-refractivity contribution >= 4 is 28.5 Å². The summed E-state index contributed by atoms with van der Waals surface area (Å²) in [7, 11) is 0. The molecule has 0 atom stereocenters. The number of hydrogen-bond acceptors (Lipinski definition) is 2. The van der Waals surface area contributed by atoms with E-state index in [0.29, 0.717) is 19.8 Å². The largest absolute Gasteiger partial charge is 0.377 e. The van der Waals surface area contributed by atoms with Crippen LogP contribution in [-0.4, -0.2) is 36.1 Å². The minimum absolute atomic E-state index is 0.0923. The maximum atomic E-state index is 12.4. The van der Waals surface area contributed by atoms with Gasteiger partial charge in [-0.1, -0.05) is 0 Å². The molecule has 0 radical (unpaired) electrons. The van der Waals surface area contributed by atoms with Crippen molar-refractivity contribution in [3.8, 4) is 0 Å². The summed E-state index contributed by atoms with van der Waals surface area (Å²) in [5, 5.41) is 0. The molecule has 3 nitrogen and oxygen atoms in total. The number of carbonyl (C=O) groups excluding carboxylic acids is 1. The van der Waals surface area contributed by atoms with E-state index >= 15 is 0 Å². The van der Waals surface area contributed by atoms with Gasteiger partial charge in [0.15, 0.2) is 0 Å². The number of amides is 1. The molecule has 1 saturated heterocycles. The highest BCUT2D eigenvalue weighted by atomic mass is 127. The first-order chi connectivity index (χ1) is 8.00. The molecule has 0 unspecified atom stereocenters. The summed E-state index contributed by atoms with van der Waals surface area (Å²) in [5.74, 6) is 0.0923. The highest BCUT2D eigenvalue weighted by Crippen LogP contribution is 2.21. The van der Waals surface area contributed by atoms with E-state index in [1.54, 1.807) is 0 Å². The number of rotatable bonds is 1. The fourth-order valence-electron chi connectivity index (χ4n) is 1.98. The molecular weight excluding hydrogens is 329 g/mol. The van der Waals surface area contributed by atoms with E-state index in [4.69, 9.17) is 4.74 Å². The molecule has 0 N–H and O–H groups in total. The number of carbonyl (C=O) groups is 1. The van der Waals surface area contributed by atoms with Gasteiger partial charge < -0.3 is 9.64 Å². The fraction of sp³-hybridized carbons (Fsp3) is 0.462. The average Bonchev–Trinajstić information content (AvgIpc) is 2.28. The van der Waals surface area contributed by atoms with Gasteiger partial charge in [0.2, 0.25) is 0 Å². The van der Waals surface area contributed by atoms with E-state index in [2.05, 4.69) is 22.6 Å². The Balaban J connectivity index is 2.21. The summed E-state index contributed by atoms with van der Waals surface area (Å²) >= 11 is 2.24. The molecule has 92 valence electrons. The van der Waals surface area contributed by atoms with Crippen LogP contribution in [0, 0.1) is 3.57 Å². The first-order valence-electron chi connectivity index (χ1n) is 5.66. The van der Waals surface area contributed by atoms with Crippen LogP contribution in [0.3, 0.4) is 0 Å². The number of nitrogens with zero attached hydrogens (tertiary/aromatic N) is 1. The zero-order chi connectivity index (χ0) is 12.5. The topological polar surface area (TPSA) is 29.5 Å². The SMILES string of the molecule is CC1(C)COCCN1C(=O)c1ccc(I)cc1. The molecule has 0 aromatic heterocycles. The molecule has 0 saturated carbocycles. The quantitative estimate of drug-likeness (QED) is 0.732. The van der Waals surface area contributed by atoms with Gasteiger partial charge in [0, 0.05) is 15.7 Å². The Morgan fingerprint density at radius 2 is 2.00 bits per heavy atom. The molecule has 0 spiro atoms. The number of ether oxygens (including phenoxy) is 1. The summed E-state index contributed by atoms with van der Waals surface area (Å²) in [6.07, 6.45) is 0. The van der Waals surface area contributed by atoms with Crippen molar-refractivity contribution in [3.05, 3.63) is 33.4 Å². The van der Waals surface area contributed by atoms with E-state index in [9.17, 15) is 4.79 Å². The lowest BCUT2D eigenvalue weighted by molar-refractivity contribution is -0.0370. The van der Waals surface area contributed by atoms with Crippen LogP contribution in [0.25, 0.3) is 0 Å². The molecule has 1 amide bonds. The third-order valence-corrected chi connectivity index (χ3v) is 3.70. The Labute approximate surface area is 115 Å². The van der Waals surface area contributed by atoms with Crippen molar-refractivity contribution in [2.75, 3.05) is 19.8 Å². The van der Waals surface area contributed by atoms with E-state index < -0.39 is 0 Å². The smallest absolute Gasteiger partial charge is 0.254 e. The van der Waals surface area contributed by atoms with Crippen molar-refractivity contribution in [3.63, 3.8) is 0 Å². The molecule has 2 rings (SSSR count). The highest BCUT2D eigenvalue weighted by molar-refractivity contribution is 14.1. The summed E-state index contributed by atoms with van der Waals surface area (Å²) in [4.78, 5) is 14.3. The predicted molar refractivity (Wildman–Crippen MR) is 75.1 cm³/mol. The first-order valence-corrected chi connectivity index (χ1v) is 6.74. The number of morpholine rings is 1. The van der Waals surface area contributed by atoms with Crippen LogP contribution in [0.1, 0.15) is 24.2 Å². The predicted octanol–water partition coefficient (Wildman–Crippen LogP) is 2.54. The Morgan fingerprint density at radius 1 is 1.35 bits per heavy atom. The summed E-state index contributed by atoms with van der Waals surface area (Å²) in [6, 6.07) is 7.69. The number of benzene rings is 1. The van der Waals surface area contributed by atoms with Crippen LogP contribution in [0.2, 0.25) is 0 Å². The molecule has 1 heterocycles. The van der Waals surface area contributed by atoms with Gasteiger partial charge in [0.25, 0.3) is 5.91 Å². The normalized spacial score (nSPS) is 19.1. The fourth-order valence-corrected chi connectivity index (χ4v) is 2.34. The average molecular weight is 345 g/mol. The summed E-state index contributed by atoms with van der Waals surface area (Å²) < 4.78 is 6.56. The number of hydrogen-bond donors (Lipinski definition) is 0. The maximum absolute atomic E-state index is 12.4. The first kappa shape index (κ1) is 12.8. The lowest BCUT2D eigenvalue weighted by Gasteiger charge is -2.42. The monoisotopic (exact) mass is 345 g/mol. The third-order valence-electron chi connectivity index (χ3n) is 2.98. The lowest BCUT2D eigenvalue weighted by Crippen LogP contribution is -2.55. The molecule has 1 aromatic rings. The van der Waals surface area contributed by atoms with Crippen LogP contribution in [0.5, 0.6) is 0 Å². The van der Waals surface area contributed by atoms with Crippen LogP contribution < -0.4 is 0 Å². The highest BCUT2D eigenvalue weighted by Gasteiger charge is 2.34. The molecule has 17 heavy (non-hydrogen) atoms. The van der Waals surface area contributed by atoms with Crippen molar-refractivity contribution in [2.45, 2.75) is 19.4 Å². The molecule has 1 aliphatic rings. The Morgan fingerprint density at radius 3 is 2.59 bits per heavy atom.